The van der Waals surface area contributed by atoms with Crippen LogP contribution in [0.1, 0.15) is 18.6 Å². The molecule has 0 saturated carbocycles. The zero-order valence-electron chi connectivity index (χ0n) is 11.5. The molecule has 2 rings (SSSR count). The molecule has 0 saturated heterocycles. The Morgan fingerprint density at radius 1 is 1.05 bits per heavy atom. The van der Waals surface area contributed by atoms with Crippen molar-refractivity contribution in [1.82, 2.24) is 0 Å². The first kappa shape index (κ1) is 13.4. The average Bonchev–Trinajstić information content (AvgIpc) is 2.39. The summed E-state index contributed by atoms with van der Waals surface area (Å²) in [7, 11) is 3.98. The van der Waals surface area contributed by atoms with E-state index in [9.17, 15) is 5.11 Å². The molecule has 0 spiro atoms. The summed E-state index contributed by atoms with van der Waals surface area (Å²) in [5.74, 6) is 1.45. The van der Waals surface area contributed by atoms with Crippen LogP contribution >= 0.6 is 0 Å². The standard InChI is InChI=1S/C16H19NO2/c1-12(18)15-9-4-5-10-16(15)19-14-8-6-7-13(11-14)17(2)3/h4-12,18H,1-3H3/t12-/m1/s1. The predicted octanol–water partition coefficient (Wildman–Crippen LogP) is 3.60. The SMILES string of the molecule is C[C@@H](O)c1ccccc1Oc1cccc(N(C)C)c1. The fourth-order valence-corrected chi connectivity index (χ4v) is 1.87. The van der Waals surface area contributed by atoms with Gasteiger partial charge >= 0.3 is 0 Å². The van der Waals surface area contributed by atoms with Crippen molar-refractivity contribution in [2.45, 2.75) is 13.0 Å². The van der Waals surface area contributed by atoms with Gasteiger partial charge < -0.3 is 14.7 Å². The number of aliphatic hydroxyl groups is 1. The van der Waals surface area contributed by atoms with Crippen molar-refractivity contribution in [2.75, 3.05) is 19.0 Å². The highest BCUT2D eigenvalue weighted by Crippen LogP contribution is 2.30. The molecule has 3 heteroatoms. The van der Waals surface area contributed by atoms with Crippen molar-refractivity contribution < 1.29 is 9.84 Å². The quantitative estimate of drug-likeness (QED) is 0.908. The fraction of sp³-hybridized carbons (Fsp3) is 0.250. The van der Waals surface area contributed by atoms with Gasteiger partial charge in [0.05, 0.1) is 6.10 Å². The van der Waals surface area contributed by atoms with Crippen LogP contribution in [0.15, 0.2) is 48.5 Å². The third-order valence-corrected chi connectivity index (χ3v) is 2.93. The molecule has 0 amide bonds. The minimum absolute atomic E-state index is 0.548. The van der Waals surface area contributed by atoms with Gasteiger partial charge in [-0.3, -0.25) is 0 Å². The summed E-state index contributed by atoms with van der Waals surface area (Å²) in [6.07, 6.45) is -0.548. The van der Waals surface area contributed by atoms with Gasteiger partial charge in [-0.25, -0.2) is 0 Å². The number of hydrogen-bond donors (Lipinski definition) is 1. The number of aliphatic hydroxyl groups excluding tert-OH is 1. The molecular weight excluding hydrogens is 238 g/mol. The average molecular weight is 257 g/mol. The lowest BCUT2D eigenvalue weighted by molar-refractivity contribution is 0.195. The molecule has 1 N–H and O–H groups in total. The maximum Gasteiger partial charge on any atom is 0.133 e. The first-order valence-electron chi connectivity index (χ1n) is 6.30. The minimum atomic E-state index is -0.548. The molecule has 2 aromatic carbocycles. The van der Waals surface area contributed by atoms with Gasteiger partial charge in [0.2, 0.25) is 0 Å². The molecule has 3 nitrogen and oxygen atoms in total. The van der Waals surface area contributed by atoms with E-state index in [0.29, 0.717) is 5.75 Å². The van der Waals surface area contributed by atoms with Crippen molar-refractivity contribution >= 4 is 5.69 Å². The Balaban J connectivity index is 2.29. The largest absolute Gasteiger partial charge is 0.457 e. The highest BCUT2D eigenvalue weighted by Gasteiger charge is 2.09. The zero-order chi connectivity index (χ0) is 13.8. The summed E-state index contributed by atoms with van der Waals surface area (Å²) < 4.78 is 5.87. The summed E-state index contributed by atoms with van der Waals surface area (Å²) in [5.41, 5.74) is 1.87. The highest BCUT2D eigenvalue weighted by atomic mass is 16.5. The Labute approximate surface area is 114 Å². The van der Waals surface area contributed by atoms with E-state index >= 15 is 0 Å². The Kier molecular flexibility index (Phi) is 4.07. The van der Waals surface area contributed by atoms with Crippen LogP contribution in [0, 0.1) is 0 Å². The second-order valence-corrected chi connectivity index (χ2v) is 4.71. The van der Waals surface area contributed by atoms with Gasteiger partial charge in [0.1, 0.15) is 11.5 Å². The Bertz CT molecular complexity index is 550. The number of ether oxygens (including phenoxy) is 1. The van der Waals surface area contributed by atoms with Crippen molar-refractivity contribution in [3.05, 3.63) is 54.1 Å². The molecule has 0 aliphatic rings. The first-order valence-corrected chi connectivity index (χ1v) is 6.30. The van der Waals surface area contributed by atoms with Gasteiger partial charge in [-0.1, -0.05) is 24.3 Å². The van der Waals surface area contributed by atoms with Gasteiger partial charge in [-0.2, -0.15) is 0 Å². The maximum absolute atomic E-state index is 9.74. The van der Waals surface area contributed by atoms with E-state index in [1.165, 1.54) is 0 Å². The molecule has 19 heavy (non-hydrogen) atoms. The second kappa shape index (κ2) is 5.76. The van der Waals surface area contributed by atoms with Crippen LogP contribution in [0.5, 0.6) is 11.5 Å². The molecule has 0 fully saturated rings. The van der Waals surface area contributed by atoms with Gasteiger partial charge in [0.15, 0.2) is 0 Å². The van der Waals surface area contributed by atoms with Crippen molar-refractivity contribution in [2.24, 2.45) is 0 Å². The van der Waals surface area contributed by atoms with Crippen LogP contribution in [-0.2, 0) is 0 Å². The van der Waals surface area contributed by atoms with E-state index in [1.807, 2.05) is 67.5 Å². The van der Waals surface area contributed by atoms with E-state index in [2.05, 4.69) is 0 Å². The van der Waals surface area contributed by atoms with E-state index in [4.69, 9.17) is 4.74 Å². The number of hydrogen-bond acceptors (Lipinski definition) is 3. The van der Waals surface area contributed by atoms with E-state index < -0.39 is 6.10 Å². The van der Waals surface area contributed by atoms with Crippen LogP contribution in [0.25, 0.3) is 0 Å². The molecule has 0 unspecified atom stereocenters. The van der Waals surface area contributed by atoms with Gasteiger partial charge in [-0.05, 0) is 25.1 Å². The van der Waals surface area contributed by atoms with Crippen LogP contribution < -0.4 is 9.64 Å². The third kappa shape index (κ3) is 3.26. The minimum Gasteiger partial charge on any atom is -0.457 e. The molecule has 0 radical (unpaired) electrons. The predicted molar refractivity (Wildman–Crippen MR) is 77.9 cm³/mol. The van der Waals surface area contributed by atoms with Crippen LogP contribution in [0.3, 0.4) is 0 Å². The monoisotopic (exact) mass is 257 g/mol. The molecule has 0 aromatic heterocycles. The molecule has 0 heterocycles. The molecule has 0 aliphatic heterocycles. The van der Waals surface area contributed by atoms with Crippen LogP contribution in [0.2, 0.25) is 0 Å². The van der Waals surface area contributed by atoms with E-state index in [1.54, 1.807) is 6.92 Å². The van der Waals surface area contributed by atoms with Gasteiger partial charge in [0, 0.05) is 31.4 Å². The third-order valence-electron chi connectivity index (χ3n) is 2.93. The van der Waals surface area contributed by atoms with Crippen LogP contribution in [-0.4, -0.2) is 19.2 Å². The number of nitrogens with zero attached hydrogens (tertiary/aromatic N) is 1. The van der Waals surface area contributed by atoms with Gasteiger partial charge in [-0.15, -0.1) is 0 Å². The maximum atomic E-state index is 9.74. The zero-order valence-corrected chi connectivity index (χ0v) is 11.5. The summed E-state index contributed by atoms with van der Waals surface area (Å²) in [4.78, 5) is 2.02. The lowest BCUT2D eigenvalue weighted by Gasteiger charge is -2.16. The Hall–Kier alpha value is -2.00. The molecule has 100 valence electrons. The Morgan fingerprint density at radius 2 is 1.79 bits per heavy atom. The summed E-state index contributed by atoms with van der Waals surface area (Å²) >= 11 is 0. The number of anilines is 1. The number of para-hydroxylation sites is 1. The van der Waals surface area contributed by atoms with Crippen molar-refractivity contribution in [1.29, 1.82) is 0 Å². The topological polar surface area (TPSA) is 32.7 Å². The number of rotatable bonds is 4. The van der Waals surface area contributed by atoms with E-state index in [-0.39, 0.29) is 0 Å². The lowest BCUT2D eigenvalue weighted by Crippen LogP contribution is -2.08. The van der Waals surface area contributed by atoms with Crippen molar-refractivity contribution in [3.8, 4) is 11.5 Å². The van der Waals surface area contributed by atoms with Gasteiger partial charge in [0.25, 0.3) is 0 Å². The normalized spacial score (nSPS) is 12.0. The molecule has 2 aromatic rings. The smallest absolute Gasteiger partial charge is 0.133 e. The Morgan fingerprint density at radius 3 is 2.47 bits per heavy atom. The highest BCUT2D eigenvalue weighted by molar-refractivity contribution is 5.50. The second-order valence-electron chi connectivity index (χ2n) is 4.71. The molecule has 0 bridgehead atoms. The molecule has 0 aliphatic carbocycles. The summed E-state index contributed by atoms with van der Waals surface area (Å²) in [6.45, 7) is 1.73. The van der Waals surface area contributed by atoms with E-state index in [0.717, 1.165) is 17.0 Å². The number of benzene rings is 2. The molecule has 1 atom stereocenters. The molecular formula is C16H19NO2. The van der Waals surface area contributed by atoms with Crippen LogP contribution in [0.4, 0.5) is 5.69 Å². The van der Waals surface area contributed by atoms with Crippen molar-refractivity contribution in [3.63, 3.8) is 0 Å². The summed E-state index contributed by atoms with van der Waals surface area (Å²) in [6, 6.07) is 15.4. The summed E-state index contributed by atoms with van der Waals surface area (Å²) in [5, 5.41) is 9.74. The first-order chi connectivity index (χ1) is 9.08. The fourth-order valence-electron chi connectivity index (χ4n) is 1.87. The lowest BCUT2D eigenvalue weighted by atomic mass is 10.1.